The van der Waals surface area contributed by atoms with Crippen molar-refractivity contribution in [1.82, 2.24) is 10.3 Å². The quantitative estimate of drug-likeness (QED) is 0.740. The maximum absolute atomic E-state index is 12.1. The van der Waals surface area contributed by atoms with E-state index in [4.69, 9.17) is 9.84 Å². The van der Waals surface area contributed by atoms with Gasteiger partial charge in [-0.3, -0.25) is 4.79 Å². The molecule has 6 nitrogen and oxygen atoms in total. The van der Waals surface area contributed by atoms with Crippen molar-refractivity contribution >= 4 is 11.9 Å². The largest absolute Gasteiger partial charge is 0.480 e. The van der Waals surface area contributed by atoms with E-state index in [0.29, 0.717) is 6.61 Å². The zero-order valence-electron chi connectivity index (χ0n) is 11.5. The van der Waals surface area contributed by atoms with Gasteiger partial charge in [0.15, 0.2) is 0 Å². The van der Waals surface area contributed by atoms with Crippen LogP contribution in [0.4, 0.5) is 0 Å². The number of carbonyl (C=O) groups is 2. The molecule has 108 valence electrons. The second kappa shape index (κ2) is 7.93. The summed E-state index contributed by atoms with van der Waals surface area (Å²) < 4.78 is 5.25. The highest BCUT2D eigenvalue weighted by Crippen LogP contribution is 2.14. The smallest absolute Gasteiger partial charge is 0.326 e. The predicted molar refractivity (Wildman–Crippen MR) is 73.7 cm³/mol. The number of nitrogens with one attached hydrogen (secondary N) is 1. The zero-order chi connectivity index (χ0) is 15.0. The monoisotopic (exact) mass is 278 g/mol. The number of ether oxygens (including phenoxy) is 1. The van der Waals surface area contributed by atoms with Gasteiger partial charge in [-0.2, -0.15) is 0 Å². The first-order chi connectivity index (χ1) is 9.60. The fourth-order valence-corrected chi connectivity index (χ4v) is 1.55. The first kappa shape index (κ1) is 15.7. The number of nitrogens with zero attached hydrogens (tertiary/aromatic N) is 1. The van der Waals surface area contributed by atoms with Gasteiger partial charge in [0.2, 0.25) is 5.88 Å². The molecule has 1 unspecified atom stereocenters. The van der Waals surface area contributed by atoms with Crippen LogP contribution in [0.5, 0.6) is 5.88 Å². The van der Waals surface area contributed by atoms with E-state index in [1.54, 1.807) is 38.1 Å². The Labute approximate surface area is 117 Å². The van der Waals surface area contributed by atoms with Gasteiger partial charge < -0.3 is 15.2 Å². The number of aromatic nitrogens is 1. The summed E-state index contributed by atoms with van der Waals surface area (Å²) >= 11 is 0. The minimum atomic E-state index is -1.08. The van der Waals surface area contributed by atoms with Crippen molar-refractivity contribution in [2.24, 2.45) is 0 Å². The summed E-state index contributed by atoms with van der Waals surface area (Å²) in [5.41, 5.74) is 0.223. The first-order valence-electron chi connectivity index (χ1n) is 6.32. The highest BCUT2D eigenvalue weighted by atomic mass is 16.5. The van der Waals surface area contributed by atoms with Gasteiger partial charge in [0.25, 0.3) is 5.91 Å². The van der Waals surface area contributed by atoms with Crippen LogP contribution in [0.15, 0.2) is 30.5 Å². The first-order valence-corrected chi connectivity index (χ1v) is 6.32. The number of rotatable bonds is 7. The van der Waals surface area contributed by atoms with E-state index in [1.807, 2.05) is 0 Å². The number of aliphatic carboxylic acids is 1. The maximum Gasteiger partial charge on any atom is 0.326 e. The van der Waals surface area contributed by atoms with Crippen LogP contribution in [-0.2, 0) is 4.79 Å². The molecular weight excluding hydrogens is 260 g/mol. The van der Waals surface area contributed by atoms with Crippen molar-refractivity contribution < 1.29 is 19.4 Å². The SMILES string of the molecule is C/C=C/CC(NC(=O)c1cccnc1OCC)C(=O)O. The van der Waals surface area contributed by atoms with Gasteiger partial charge in [-0.25, -0.2) is 9.78 Å². The van der Waals surface area contributed by atoms with Crippen molar-refractivity contribution in [2.75, 3.05) is 6.61 Å². The summed E-state index contributed by atoms with van der Waals surface area (Å²) in [7, 11) is 0. The molecule has 20 heavy (non-hydrogen) atoms. The lowest BCUT2D eigenvalue weighted by Crippen LogP contribution is -2.40. The Bertz CT molecular complexity index is 500. The van der Waals surface area contributed by atoms with Crippen LogP contribution < -0.4 is 10.1 Å². The normalized spacial score (nSPS) is 12.1. The number of pyridine rings is 1. The van der Waals surface area contributed by atoms with E-state index in [1.165, 1.54) is 6.20 Å². The molecule has 1 heterocycles. The van der Waals surface area contributed by atoms with Crippen LogP contribution in [0.1, 0.15) is 30.6 Å². The molecule has 1 aromatic heterocycles. The lowest BCUT2D eigenvalue weighted by atomic mass is 10.1. The van der Waals surface area contributed by atoms with Crippen molar-refractivity contribution in [3.8, 4) is 5.88 Å². The lowest BCUT2D eigenvalue weighted by molar-refractivity contribution is -0.139. The molecule has 0 aliphatic heterocycles. The summed E-state index contributed by atoms with van der Waals surface area (Å²) in [5.74, 6) is -1.40. The molecule has 1 aromatic rings. The van der Waals surface area contributed by atoms with Gasteiger partial charge in [-0.15, -0.1) is 0 Å². The number of carbonyl (C=O) groups excluding carboxylic acids is 1. The van der Waals surface area contributed by atoms with E-state index in [9.17, 15) is 9.59 Å². The zero-order valence-corrected chi connectivity index (χ0v) is 11.5. The van der Waals surface area contributed by atoms with Gasteiger partial charge in [0.05, 0.1) is 6.61 Å². The minimum Gasteiger partial charge on any atom is -0.480 e. The van der Waals surface area contributed by atoms with Crippen LogP contribution in [0, 0.1) is 0 Å². The third-order valence-corrected chi connectivity index (χ3v) is 2.51. The van der Waals surface area contributed by atoms with Crippen LogP contribution in [0.2, 0.25) is 0 Å². The molecule has 1 rings (SSSR count). The highest BCUT2D eigenvalue weighted by molar-refractivity contribution is 5.98. The third kappa shape index (κ3) is 4.38. The van der Waals surface area contributed by atoms with Gasteiger partial charge in [-0.05, 0) is 32.4 Å². The summed E-state index contributed by atoms with van der Waals surface area (Å²) in [4.78, 5) is 27.1. The molecule has 1 atom stereocenters. The molecule has 1 amide bonds. The van der Waals surface area contributed by atoms with Gasteiger partial charge in [0.1, 0.15) is 11.6 Å². The number of carboxylic acid groups (broad SMARTS) is 1. The number of allylic oxidation sites excluding steroid dienone is 1. The summed E-state index contributed by atoms with van der Waals surface area (Å²) in [5, 5.41) is 11.5. The standard InChI is InChI=1S/C14H18N2O4/c1-3-5-8-11(14(18)19)16-12(17)10-7-6-9-15-13(10)20-4-2/h3,5-7,9,11H,4,8H2,1-2H3,(H,16,17)(H,18,19)/b5-3+. The molecule has 6 heteroatoms. The van der Waals surface area contributed by atoms with Gasteiger partial charge in [-0.1, -0.05) is 12.2 Å². The number of hydrogen-bond donors (Lipinski definition) is 2. The molecule has 0 aliphatic carbocycles. The highest BCUT2D eigenvalue weighted by Gasteiger charge is 2.21. The van der Waals surface area contributed by atoms with Crippen LogP contribution in [0.3, 0.4) is 0 Å². The van der Waals surface area contributed by atoms with E-state index < -0.39 is 17.9 Å². The topological polar surface area (TPSA) is 88.5 Å². The fourth-order valence-electron chi connectivity index (χ4n) is 1.55. The molecule has 2 N–H and O–H groups in total. The third-order valence-electron chi connectivity index (χ3n) is 2.51. The Hall–Kier alpha value is -2.37. The van der Waals surface area contributed by atoms with E-state index in [0.717, 1.165) is 0 Å². The Morgan fingerprint density at radius 1 is 1.55 bits per heavy atom. The van der Waals surface area contributed by atoms with Crippen LogP contribution in [0.25, 0.3) is 0 Å². The van der Waals surface area contributed by atoms with Gasteiger partial charge in [0, 0.05) is 6.20 Å². The summed E-state index contributed by atoms with van der Waals surface area (Å²) in [6, 6.07) is 2.16. The van der Waals surface area contributed by atoms with Gasteiger partial charge >= 0.3 is 5.97 Å². The number of carboxylic acids is 1. The van der Waals surface area contributed by atoms with Crippen molar-refractivity contribution in [3.05, 3.63) is 36.0 Å². The molecule has 0 saturated heterocycles. The summed E-state index contributed by atoms with van der Waals surface area (Å²) in [6.45, 7) is 3.94. The molecule has 0 aliphatic rings. The predicted octanol–water partition coefficient (Wildman–Crippen LogP) is 1.63. The second-order valence-corrected chi connectivity index (χ2v) is 3.96. The van der Waals surface area contributed by atoms with Crippen molar-refractivity contribution in [3.63, 3.8) is 0 Å². The van der Waals surface area contributed by atoms with E-state index in [-0.39, 0.29) is 17.9 Å². The molecule has 0 radical (unpaired) electrons. The van der Waals surface area contributed by atoms with E-state index in [2.05, 4.69) is 10.3 Å². The Morgan fingerprint density at radius 3 is 2.90 bits per heavy atom. The average molecular weight is 278 g/mol. The summed E-state index contributed by atoms with van der Waals surface area (Å²) in [6.07, 6.45) is 5.15. The fraction of sp³-hybridized carbons (Fsp3) is 0.357. The lowest BCUT2D eigenvalue weighted by Gasteiger charge is -2.14. The molecule has 0 bridgehead atoms. The van der Waals surface area contributed by atoms with Crippen LogP contribution >= 0.6 is 0 Å². The molecule has 0 spiro atoms. The van der Waals surface area contributed by atoms with Crippen molar-refractivity contribution in [2.45, 2.75) is 26.3 Å². The Balaban J connectivity index is 2.86. The Morgan fingerprint density at radius 2 is 2.30 bits per heavy atom. The number of amides is 1. The molecule has 0 fully saturated rings. The maximum atomic E-state index is 12.1. The van der Waals surface area contributed by atoms with Crippen LogP contribution in [-0.4, -0.2) is 34.6 Å². The van der Waals surface area contributed by atoms with E-state index >= 15 is 0 Å². The molecular formula is C14H18N2O4. The molecule has 0 saturated carbocycles. The second-order valence-electron chi connectivity index (χ2n) is 3.96. The average Bonchev–Trinajstić information content (AvgIpc) is 2.43. The molecule has 0 aromatic carbocycles. The van der Waals surface area contributed by atoms with Crippen molar-refractivity contribution in [1.29, 1.82) is 0 Å². The number of hydrogen-bond acceptors (Lipinski definition) is 4. The Kier molecular flexibility index (Phi) is 6.22. The minimum absolute atomic E-state index is 0.197.